The molecule has 1 aliphatic heterocycles. The number of rotatable bonds is 3. The lowest BCUT2D eigenvalue weighted by Gasteiger charge is -2.34. The number of carbonyl (C=O) groups excluding carboxylic acids is 1. The quantitative estimate of drug-likeness (QED) is 0.887. The van der Waals surface area contributed by atoms with Crippen LogP contribution in [0.4, 0.5) is 0 Å². The van der Waals surface area contributed by atoms with Gasteiger partial charge in [-0.3, -0.25) is 9.69 Å². The van der Waals surface area contributed by atoms with Crippen LogP contribution in [0.25, 0.3) is 10.9 Å². The minimum Gasteiger partial charge on any atom is -0.353 e. The standard InChI is InChI=1S/C16H18ClN3O/c1-2-14-16(21)18-7-8-20(14)10-12-9-11-5-3-4-6-13(11)19-15(12)17/h3-6,9,14H,2,7-8,10H2,1H3,(H,18,21). The Balaban J connectivity index is 1.90. The number of hydrogen-bond acceptors (Lipinski definition) is 3. The molecular weight excluding hydrogens is 286 g/mol. The lowest BCUT2D eigenvalue weighted by molar-refractivity contribution is -0.129. The van der Waals surface area contributed by atoms with Crippen LogP contribution in [0.2, 0.25) is 5.15 Å². The highest BCUT2D eigenvalue weighted by Crippen LogP contribution is 2.23. The van der Waals surface area contributed by atoms with E-state index in [1.165, 1.54) is 0 Å². The minimum atomic E-state index is -0.0821. The number of piperazine rings is 1. The summed E-state index contributed by atoms with van der Waals surface area (Å²) < 4.78 is 0. The smallest absolute Gasteiger partial charge is 0.237 e. The molecule has 2 heterocycles. The molecule has 1 amide bonds. The van der Waals surface area contributed by atoms with E-state index in [0.717, 1.165) is 29.4 Å². The van der Waals surface area contributed by atoms with Crippen molar-refractivity contribution in [2.45, 2.75) is 25.9 Å². The fraction of sp³-hybridized carbons (Fsp3) is 0.375. The Morgan fingerprint density at radius 3 is 3.05 bits per heavy atom. The van der Waals surface area contributed by atoms with Gasteiger partial charge in [0.1, 0.15) is 5.15 Å². The Morgan fingerprint density at radius 2 is 2.24 bits per heavy atom. The molecule has 1 aromatic heterocycles. The third kappa shape index (κ3) is 2.87. The lowest BCUT2D eigenvalue weighted by atomic mass is 10.1. The van der Waals surface area contributed by atoms with E-state index in [2.05, 4.69) is 21.3 Å². The zero-order valence-electron chi connectivity index (χ0n) is 12.0. The zero-order chi connectivity index (χ0) is 14.8. The van der Waals surface area contributed by atoms with Crippen molar-refractivity contribution < 1.29 is 4.79 Å². The Bertz CT molecular complexity index is 674. The maximum absolute atomic E-state index is 11.9. The van der Waals surface area contributed by atoms with Gasteiger partial charge in [0, 0.05) is 30.6 Å². The number of aromatic nitrogens is 1. The van der Waals surface area contributed by atoms with E-state index in [-0.39, 0.29) is 11.9 Å². The number of pyridine rings is 1. The number of nitrogens with zero attached hydrogens (tertiary/aromatic N) is 2. The molecule has 1 unspecified atom stereocenters. The molecule has 110 valence electrons. The molecule has 3 rings (SSSR count). The molecule has 1 saturated heterocycles. The summed E-state index contributed by atoms with van der Waals surface area (Å²) in [4.78, 5) is 18.5. The van der Waals surface area contributed by atoms with Crippen LogP contribution in [0.3, 0.4) is 0 Å². The first-order valence-corrected chi connectivity index (χ1v) is 7.62. The van der Waals surface area contributed by atoms with Gasteiger partial charge in [-0.15, -0.1) is 0 Å². The van der Waals surface area contributed by atoms with Gasteiger partial charge in [0.15, 0.2) is 0 Å². The van der Waals surface area contributed by atoms with Crippen LogP contribution >= 0.6 is 11.6 Å². The maximum atomic E-state index is 11.9. The molecule has 21 heavy (non-hydrogen) atoms. The number of fused-ring (bicyclic) bond motifs is 1. The Labute approximate surface area is 129 Å². The second-order valence-corrected chi connectivity index (χ2v) is 5.67. The van der Waals surface area contributed by atoms with Crippen LogP contribution < -0.4 is 5.32 Å². The lowest BCUT2D eigenvalue weighted by Crippen LogP contribution is -2.54. The van der Waals surface area contributed by atoms with Crippen molar-refractivity contribution in [1.82, 2.24) is 15.2 Å². The summed E-state index contributed by atoms with van der Waals surface area (Å²) in [5, 5.41) is 4.51. The first-order valence-electron chi connectivity index (χ1n) is 7.25. The summed E-state index contributed by atoms with van der Waals surface area (Å²) in [5.74, 6) is 0.105. The van der Waals surface area contributed by atoms with E-state index in [1.807, 2.05) is 31.2 Å². The Morgan fingerprint density at radius 1 is 1.43 bits per heavy atom. The molecule has 1 N–H and O–H groups in total. The van der Waals surface area contributed by atoms with Crippen LogP contribution in [0.15, 0.2) is 30.3 Å². The minimum absolute atomic E-state index is 0.0821. The molecule has 0 spiro atoms. The molecule has 2 aromatic rings. The van der Waals surface area contributed by atoms with Gasteiger partial charge in [-0.2, -0.15) is 0 Å². The number of benzene rings is 1. The second-order valence-electron chi connectivity index (χ2n) is 5.32. The van der Waals surface area contributed by atoms with Gasteiger partial charge in [0.25, 0.3) is 0 Å². The van der Waals surface area contributed by atoms with Crippen molar-refractivity contribution >= 4 is 28.4 Å². The van der Waals surface area contributed by atoms with Crippen molar-refractivity contribution in [3.8, 4) is 0 Å². The number of carbonyl (C=O) groups is 1. The van der Waals surface area contributed by atoms with Gasteiger partial charge in [-0.05, 0) is 18.6 Å². The number of amides is 1. The van der Waals surface area contributed by atoms with Crippen molar-refractivity contribution in [2.75, 3.05) is 13.1 Å². The normalized spacial score (nSPS) is 19.7. The van der Waals surface area contributed by atoms with Gasteiger partial charge in [0.2, 0.25) is 5.91 Å². The van der Waals surface area contributed by atoms with Gasteiger partial charge in [-0.25, -0.2) is 4.98 Å². The number of nitrogens with one attached hydrogen (secondary N) is 1. The molecule has 4 nitrogen and oxygen atoms in total. The summed E-state index contributed by atoms with van der Waals surface area (Å²) in [6, 6.07) is 9.92. The molecule has 0 bridgehead atoms. The van der Waals surface area contributed by atoms with Crippen LogP contribution in [0.1, 0.15) is 18.9 Å². The molecule has 0 aliphatic carbocycles. The average Bonchev–Trinajstić information content (AvgIpc) is 2.48. The summed E-state index contributed by atoms with van der Waals surface area (Å²) in [6.45, 7) is 4.22. The van der Waals surface area contributed by atoms with Gasteiger partial charge < -0.3 is 5.32 Å². The molecule has 1 atom stereocenters. The molecule has 1 aliphatic rings. The van der Waals surface area contributed by atoms with Crippen LogP contribution in [-0.4, -0.2) is 34.9 Å². The number of para-hydroxylation sites is 1. The predicted molar refractivity (Wildman–Crippen MR) is 84.3 cm³/mol. The highest BCUT2D eigenvalue weighted by atomic mass is 35.5. The molecule has 0 radical (unpaired) electrons. The van der Waals surface area contributed by atoms with Crippen LogP contribution in [0.5, 0.6) is 0 Å². The average molecular weight is 304 g/mol. The van der Waals surface area contributed by atoms with Gasteiger partial charge in [-0.1, -0.05) is 36.7 Å². The van der Waals surface area contributed by atoms with Crippen LogP contribution in [-0.2, 0) is 11.3 Å². The number of halogens is 1. The first kappa shape index (κ1) is 14.3. The highest BCUT2D eigenvalue weighted by molar-refractivity contribution is 6.30. The molecule has 1 fully saturated rings. The molecule has 0 saturated carbocycles. The molecule has 5 heteroatoms. The largest absolute Gasteiger partial charge is 0.353 e. The van der Waals surface area contributed by atoms with Crippen LogP contribution in [0, 0.1) is 0 Å². The molecular formula is C16H18ClN3O. The monoisotopic (exact) mass is 303 g/mol. The van der Waals surface area contributed by atoms with E-state index < -0.39 is 0 Å². The van der Waals surface area contributed by atoms with E-state index in [9.17, 15) is 4.79 Å². The topological polar surface area (TPSA) is 45.2 Å². The third-order valence-corrected chi connectivity index (χ3v) is 4.28. The highest BCUT2D eigenvalue weighted by Gasteiger charge is 2.28. The molecule has 1 aromatic carbocycles. The maximum Gasteiger partial charge on any atom is 0.237 e. The Hall–Kier alpha value is -1.65. The van der Waals surface area contributed by atoms with E-state index in [0.29, 0.717) is 18.2 Å². The summed E-state index contributed by atoms with van der Waals surface area (Å²) >= 11 is 6.31. The summed E-state index contributed by atoms with van der Waals surface area (Å²) in [5.41, 5.74) is 1.87. The fourth-order valence-electron chi connectivity index (χ4n) is 2.86. The van der Waals surface area contributed by atoms with Crippen molar-refractivity contribution in [1.29, 1.82) is 0 Å². The SMILES string of the molecule is CCC1C(=O)NCCN1Cc1cc2ccccc2nc1Cl. The van der Waals surface area contributed by atoms with Crippen molar-refractivity contribution in [2.24, 2.45) is 0 Å². The van der Waals surface area contributed by atoms with Gasteiger partial charge in [0.05, 0.1) is 11.6 Å². The second kappa shape index (κ2) is 6.00. The Kier molecular flexibility index (Phi) is 4.08. The van der Waals surface area contributed by atoms with E-state index in [1.54, 1.807) is 0 Å². The first-order chi connectivity index (χ1) is 10.2. The zero-order valence-corrected chi connectivity index (χ0v) is 12.7. The van der Waals surface area contributed by atoms with Crippen molar-refractivity contribution in [3.05, 3.63) is 41.0 Å². The van der Waals surface area contributed by atoms with E-state index in [4.69, 9.17) is 11.6 Å². The summed E-state index contributed by atoms with van der Waals surface area (Å²) in [7, 11) is 0. The van der Waals surface area contributed by atoms with Gasteiger partial charge >= 0.3 is 0 Å². The van der Waals surface area contributed by atoms with Crippen molar-refractivity contribution in [3.63, 3.8) is 0 Å². The predicted octanol–water partition coefficient (Wildman–Crippen LogP) is 2.60. The fourth-order valence-corrected chi connectivity index (χ4v) is 3.07. The summed E-state index contributed by atoms with van der Waals surface area (Å²) in [6.07, 6.45) is 0.796. The number of hydrogen-bond donors (Lipinski definition) is 1. The third-order valence-electron chi connectivity index (χ3n) is 3.95. The van der Waals surface area contributed by atoms with E-state index >= 15 is 0 Å².